The van der Waals surface area contributed by atoms with Crippen molar-refractivity contribution in [3.05, 3.63) is 18.2 Å². The molecular weight excluding hydrogens is 256 g/mol. The van der Waals surface area contributed by atoms with Crippen LogP contribution in [0.2, 0.25) is 0 Å². The number of likely N-dealkylation sites (N-methyl/N-ethyl adjacent to an activating group) is 1. The number of carbonyl (C=O) groups excluding carboxylic acids is 1. The number of imidazole rings is 1. The fourth-order valence-electron chi connectivity index (χ4n) is 3.05. The van der Waals surface area contributed by atoms with Crippen molar-refractivity contribution in [3.63, 3.8) is 0 Å². The lowest BCUT2D eigenvalue weighted by atomic mass is 10.2. The molecule has 0 spiro atoms. The molecule has 0 saturated carbocycles. The summed E-state index contributed by atoms with van der Waals surface area (Å²) in [6.45, 7) is 4.39. The van der Waals surface area contributed by atoms with Crippen LogP contribution in [0.5, 0.6) is 0 Å². The molecule has 3 rings (SSSR count). The second kappa shape index (κ2) is 5.93. The van der Waals surface area contributed by atoms with Crippen LogP contribution in [0.15, 0.2) is 12.5 Å². The van der Waals surface area contributed by atoms with Crippen LogP contribution in [0.1, 0.15) is 24.6 Å². The number of hydrogen-bond donors (Lipinski definition) is 0. The molecular formula is C14H22N4O2. The summed E-state index contributed by atoms with van der Waals surface area (Å²) in [5.74, 6) is 0.123. The Hall–Kier alpha value is -1.40. The quantitative estimate of drug-likeness (QED) is 0.805. The van der Waals surface area contributed by atoms with Gasteiger partial charge in [-0.25, -0.2) is 4.98 Å². The van der Waals surface area contributed by atoms with E-state index in [4.69, 9.17) is 4.74 Å². The van der Waals surface area contributed by atoms with Gasteiger partial charge in [0.25, 0.3) is 0 Å². The highest BCUT2D eigenvalue weighted by molar-refractivity contribution is 5.77. The molecule has 0 aromatic carbocycles. The minimum absolute atomic E-state index is 0.123. The van der Waals surface area contributed by atoms with Gasteiger partial charge < -0.3 is 14.2 Å². The first-order valence-electron chi connectivity index (χ1n) is 7.29. The standard InChI is InChI=1S/C14H22N4O2/c1-16-7-12-6-15-11-18(12)13(8-16)9-20-10-14(19)17-4-2-3-5-17/h6,11,13H,2-5,7-10H2,1H3. The molecule has 20 heavy (non-hydrogen) atoms. The minimum atomic E-state index is 0.123. The molecule has 1 saturated heterocycles. The second-order valence-electron chi connectivity index (χ2n) is 5.75. The van der Waals surface area contributed by atoms with E-state index in [0.29, 0.717) is 6.61 Å². The third-order valence-electron chi connectivity index (χ3n) is 4.09. The van der Waals surface area contributed by atoms with Crippen molar-refractivity contribution < 1.29 is 9.53 Å². The third kappa shape index (κ3) is 2.86. The van der Waals surface area contributed by atoms with Gasteiger partial charge in [0.05, 0.1) is 24.7 Å². The molecule has 6 heteroatoms. The zero-order valence-corrected chi connectivity index (χ0v) is 12.0. The van der Waals surface area contributed by atoms with Crippen LogP contribution < -0.4 is 0 Å². The van der Waals surface area contributed by atoms with E-state index in [-0.39, 0.29) is 18.6 Å². The average Bonchev–Trinajstić information content (AvgIpc) is 3.09. The Bertz CT molecular complexity index is 467. The lowest BCUT2D eigenvalue weighted by Crippen LogP contribution is -2.37. The Labute approximate surface area is 119 Å². The lowest BCUT2D eigenvalue weighted by Gasteiger charge is -2.31. The normalized spacial score (nSPS) is 23.1. The summed E-state index contributed by atoms with van der Waals surface area (Å²) in [4.78, 5) is 20.3. The monoisotopic (exact) mass is 278 g/mol. The number of carbonyl (C=O) groups is 1. The summed E-state index contributed by atoms with van der Waals surface area (Å²) < 4.78 is 7.82. The molecule has 1 unspecified atom stereocenters. The van der Waals surface area contributed by atoms with Gasteiger partial charge in [-0.05, 0) is 19.9 Å². The molecule has 0 bridgehead atoms. The third-order valence-corrected chi connectivity index (χ3v) is 4.09. The molecule has 1 fully saturated rings. The first kappa shape index (κ1) is 13.6. The fourth-order valence-corrected chi connectivity index (χ4v) is 3.05. The molecule has 1 aromatic rings. The predicted molar refractivity (Wildman–Crippen MR) is 74.2 cm³/mol. The van der Waals surface area contributed by atoms with Gasteiger partial charge in [-0.15, -0.1) is 0 Å². The van der Waals surface area contributed by atoms with E-state index in [9.17, 15) is 4.79 Å². The maximum atomic E-state index is 11.9. The van der Waals surface area contributed by atoms with Crippen molar-refractivity contribution in [2.75, 3.05) is 39.9 Å². The largest absolute Gasteiger partial charge is 0.369 e. The molecule has 2 aliphatic rings. The zero-order chi connectivity index (χ0) is 13.9. The summed E-state index contributed by atoms with van der Waals surface area (Å²) in [6, 6.07) is 0.248. The molecule has 110 valence electrons. The van der Waals surface area contributed by atoms with Gasteiger partial charge >= 0.3 is 0 Å². The summed E-state index contributed by atoms with van der Waals surface area (Å²) in [7, 11) is 2.10. The number of rotatable bonds is 4. The molecule has 1 aromatic heterocycles. The molecule has 1 atom stereocenters. The number of hydrogen-bond acceptors (Lipinski definition) is 4. The molecule has 0 aliphatic carbocycles. The number of fused-ring (bicyclic) bond motifs is 1. The van der Waals surface area contributed by atoms with Crippen LogP contribution >= 0.6 is 0 Å². The van der Waals surface area contributed by atoms with E-state index in [1.807, 2.05) is 17.4 Å². The Morgan fingerprint density at radius 1 is 1.45 bits per heavy atom. The summed E-state index contributed by atoms with van der Waals surface area (Å²) >= 11 is 0. The molecule has 3 heterocycles. The van der Waals surface area contributed by atoms with Crippen molar-refractivity contribution in [2.45, 2.75) is 25.4 Å². The summed E-state index contributed by atoms with van der Waals surface area (Å²) in [6.07, 6.45) is 6.01. The van der Waals surface area contributed by atoms with E-state index < -0.39 is 0 Å². The Morgan fingerprint density at radius 3 is 3.05 bits per heavy atom. The van der Waals surface area contributed by atoms with Crippen LogP contribution in [-0.4, -0.2) is 65.2 Å². The molecule has 0 N–H and O–H groups in total. The van der Waals surface area contributed by atoms with Crippen LogP contribution in [0.25, 0.3) is 0 Å². The lowest BCUT2D eigenvalue weighted by molar-refractivity contribution is -0.135. The smallest absolute Gasteiger partial charge is 0.248 e. The summed E-state index contributed by atoms with van der Waals surface area (Å²) in [5.41, 5.74) is 1.21. The molecule has 6 nitrogen and oxygen atoms in total. The maximum absolute atomic E-state index is 11.9. The molecule has 2 aliphatic heterocycles. The second-order valence-corrected chi connectivity index (χ2v) is 5.75. The summed E-state index contributed by atoms with van der Waals surface area (Å²) in [5, 5.41) is 0. The van der Waals surface area contributed by atoms with Crippen LogP contribution in [0, 0.1) is 0 Å². The van der Waals surface area contributed by atoms with E-state index >= 15 is 0 Å². The highest BCUT2D eigenvalue weighted by Crippen LogP contribution is 2.19. The van der Waals surface area contributed by atoms with Crippen molar-refractivity contribution in [1.82, 2.24) is 19.4 Å². The van der Waals surface area contributed by atoms with Gasteiger partial charge in [-0.3, -0.25) is 9.69 Å². The van der Waals surface area contributed by atoms with E-state index in [1.54, 1.807) is 0 Å². The zero-order valence-electron chi connectivity index (χ0n) is 12.0. The SMILES string of the molecule is CN1Cc2cncn2C(COCC(=O)N2CCCC2)C1. The number of aromatic nitrogens is 2. The van der Waals surface area contributed by atoms with Crippen molar-refractivity contribution in [1.29, 1.82) is 0 Å². The Kier molecular flexibility index (Phi) is 4.03. The van der Waals surface area contributed by atoms with Crippen molar-refractivity contribution >= 4 is 5.91 Å². The minimum Gasteiger partial charge on any atom is -0.369 e. The maximum Gasteiger partial charge on any atom is 0.248 e. The van der Waals surface area contributed by atoms with Gasteiger partial charge in [0.2, 0.25) is 5.91 Å². The molecule has 0 radical (unpaired) electrons. The van der Waals surface area contributed by atoms with Crippen LogP contribution in [-0.2, 0) is 16.1 Å². The predicted octanol–water partition coefficient (Wildman–Crippen LogP) is 0.509. The van der Waals surface area contributed by atoms with Gasteiger partial charge in [0, 0.05) is 32.4 Å². The van der Waals surface area contributed by atoms with E-state index in [1.165, 1.54) is 5.69 Å². The first-order valence-corrected chi connectivity index (χ1v) is 7.29. The molecule has 1 amide bonds. The van der Waals surface area contributed by atoms with Gasteiger partial charge in [-0.1, -0.05) is 0 Å². The average molecular weight is 278 g/mol. The first-order chi connectivity index (χ1) is 9.74. The Morgan fingerprint density at radius 2 is 2.25 bits per heavy atom. The van der Waals surface area contributed by atoms with Crippen LogP contribution in [0.3, 0.4) is 0 Å². The van der Waals surface area contributed by atoms with E-state index in [2.05, 4.69) is 21.5 Å². The van der Waals surface area contributed by atoms with Gasteiger partial charge in [0.1, 0.15) is 6.61 Å². The van der Waals surface area contributed by atoms with Crippen molar-refractivity contribution in [2.24, 2.45) is 0 Å². The number of likely N-dealkylation sites (tertiary alicyclic amines) is 1. The number of nitrogens with zero attached hydrogens (tertiary/aromatic N) is 4. The highest BCUT2D eigenvalue weighted by Gasteiger charge is 2.24. The number of ether oxygens (including phenoxy) is 1. The topological polar surface area (TPSA) is 50.6 Å². The van der Waals surface area contributed by atoms with E-state index in [0.717, 1.165) is 39.0 Å². The van der Waals surface area contributed by atoms with Gasteiger partial charge in [-0.2, -0.15) is 0 Å². The Balaban J connectivity index is 1.50. The fraction of sp³-hybridized carbons (Fsp3) is 0.714. The van der Waals surface area contributed by atoms with Crippen LogP contribution in [0.4, 0.5) is 0 Å². The highest BCUT2D eigenvalue weighted by atomic mass is 16.5. The van der Waals surface area contributed by atoms with Crippen molar-refractivity contribution in [3.8, 4) is 0 Å². The number of amides is 1. The van der Waals surface area contributed by atoms with Gasteiger partial charge in [0.15, 0.2) is 0 Å².